The molecule has 0 aliphatic carbocycles. The molecule has 2 aromatic carbocycles. The number of hydrogen-bond acceptors (Lipinski definition) is 6. The number of hydrogen-bond donors (Lipinski definition) is 1. The maximum Gasteiger partial charge on any atom is 0.264 e. The van der Waals surface area contributed by atoms with Gasteiger partial charge in [0.15, 0.2) is 5.82 Å². The predicted octanol–water partition coefficient (Wildman–Crippen LogP) is 4.69. The van der Waals surface area contributed by atoms with Crippen LogP contribution < -0.4 is 4.90 Å². The third-order valence-corrected chi connectivity index (χ3v) is 6.06. The zero-order chi connectivity index (χ0) is 25.3. The van der Waals surface area contributed by atoms with E-state index < -0.39 is 17.4 Å². The molecular formula is C25H22ClF2N5O2. The Labute approximate surface area is 205 Å². The number of allylic oxidation sites excluding steroid dienone is 1. The minimum atomic E-state index is -0.872. The maximum absolute atomic E-state index is 15.6. The second-order valence-electron chi connectivity index (χ2n) is 8.49. The first-order valence-corrected chi connectivity index (χ1v) is 11.4. The second kappa shape index (κ2) is 9.84. The number of piperazine rings is 1. The largest absolute Gasteiger partial charge is 0.507 e. The van der Waals surface area contributed by atoms with Gasteiger partial charge in [-0.05, 0) is 24.1 Å². The highest BCUT2D eigenvalue weighted by molar-refractivity contribution is 6.34. The molecule has 180 valence electrons. The lowest BCUT2D eigenvalue weighted by molar-refractivity contribution is -0.127. The van der Waals surface area contributed by atoms with Gasteiger partial charge in [0.05, 0.1) is 10.6 Å². The molecule has 1 aromatic heterocycles. The summed E-state index contributed by atoms with van der Waals surface area (Å²) in [5.74, 6) is -1.96. The minimum Gasteiger partial charge on any atom is -0.507 e. The number of phenols is 1. The standard InChI is InChI=1S/C25H22ClF2N5O2/c1-14(2)10-15(12-29)25(35)33-8-6-32(7-9-33)24-16-11-17(26)20(22(28)23(16)30-13-31-24)21-18(27)4-3-5-19(21)34/h3-5,10-11,13-14,34H,6-9H2,1-2H3/b15-10+. The molecule has 1 aliphatic heterocycles. The fourth-order valence-corrected chi connectivity index (χ4v) is 4.43. The summed E-state index contributed by atoms with van der Waals surface area (Å²) in [6.07, 6.45) is 2.85. The smallest absolute Gasteiger partial charge is 0.264 e. The molecular weight excluding hydrogens is 476 g/mol. The van der Waals surface area contributed by atoms with Gasteiger partial charge in [0.2, 0.25) is 0 Å². The molecule has 2 heterocycles. The van der Waals surface area contributed by atoms with Gasteiger partial charge in [-0.25, -0.2) is 18.7 Å². The molecule has 1 saturated heterocycles. The van der Waals surface area contributed by atoms with E-state index in [1.165, 1.54) is 24.5 Å². The Morgan fingerprint density at radius 3 is 2.54 bits per heavy atom. The number of carbonyl (C=O) groups is 1. The maximum atomic E-state index is 15.6. The van der Waals surface area contributed by atoms with Crippen molar-refractivity contribution in [1.29, 1.82) is 5.26 Å². The lowest BCUT2D eigenvalue weighted by Crippen LogP contribution is -2.49. The number of anilines is 1. The molecule has 0 atom stereocenters. The Balaban J connectivity index is 1.66. The molecule has 7 nitrogen and oxygen atoms in total. The zero-order valence-electron chi connectivity index (χ0n) is 19.1. The van der Waals surface area contributed by atoms with E-state index in [-0.39, 0.29) is 39.1 Å². The van der Waals surface area contributed by atoms with Gasteiger partial charge in [-0.2, -0.15) is 5.26 Å². The molecule has 0 spiro atoms. The number of benzene rings is 2. The van der Waals surface area contributed by atoms with Crippen LogP contribution in [0.15, 0.2) is 42.2 Å². The number of rotatable bonds is 4. The van der Waals surface area contributed by atoms with Gasteiger partial charge < -0.3 is 14.9 Å². The van der Waals surface area contributed by atoms with Crippen molar-refractivity contribution < 1.29 is 18.7 Å². The van der Waals surface area contributed by atoms with Gasteiger partial charge in [-0.15, -0.1) is 0 Å². The molecule has 3 aromatic rings. The van der Waals surface area contributed by atoms with Crippen LogP contribution in [0.25, 0.3) is 22.0 Å². The van der Waals surface area contributed by atoms with E-state index in [2.05, 4.69) is 9.97 Å². The lowest BCUT2D eigenvalue weighted by Gasteiger charge is -2.35. The molecule has 10 heteroatoms. The first-order chi connectivity index (χ1) is 16.7. The molecule has 0 radical (unpaired) electrons. The monoisotopic (exact) mass is 497 g/mol. The normalized spacial score (nSPS) is 14.5. The molecule has 1 aliphatic rings. The van der Waals surface area contributed by atoms with Crippen LogP contribution >= 0.6 is 11.6 Å². The number of nitrogens with zero attached hydrogens (tertiary/aromatic N) is 5. The fourth-order valence-electron chi connectivity index (χ4n) is 4.14. The SMILES string of the molecule is CC(C)/C=C(\C#N)C(=O)N1CCN(c2ncnc3c(F)c(-c4c(O)cccc4F)c(Cl)cc23)CC1. The number of halogens is 3. The van der Waals surface area contributed by atoms with Gasteiger partial charge in [0.25, 0.3) is 5.91 Å². The topological polar surface area (TPSA) is 93.4 Å². The van der Waals surface area contributed by atoms with E-state index in [1.807, 2.05) is 24.8 Å². The number of fused-ring (bicyclic) bond motifs is 1. The summed E-state index contributed by atoms with van der Waals surface area (Å²) in [4.78, 5) is 24.5. The molecule has 4 rings (SSSR count). The summed E-state index contributed by atoms with van der Waals surface area (Å²) < 4.78 is 30.0. The van der Waals surface area contributed by atoms with Crippen molar-refractivity contribution in [2.45, 2.75) is 13.8 Å². The van der Waals surface area contributed by atoms with Crippen LogP contribution in [-0.2, 0) is 4.79 Å². The minimum absolute atomic E-state index is 0.0674. The molecule has 1 amide bonds. The van der Waals surface area contributed by atoms with Crippen LogP contribution in [0.3, 0.4) is 0 Å². The van der Waals surface area contributed by atoms with E-state index in [9.17, 15) is 19.6 Å². The molecule has 0 saturated carbocycles. The van der Waals surface area contributed by atoms with Crippen LogP contribution in [0.4, 0.5) is 14.6 Å². The van der Waals surface area contributed by atoms with Crippen molar-refractivity contribution in [1.82, 2.24) is 14.9 Å². The number of aromatic hydroxyl groups is 1. The van der Waals surface area contributed by atoms with Gasteiger partial charge in [-0.3, -0.25) is 4.79 Å². The van der Waals surface area contributed by atoms with Crippen molar-refractivity contribution >= 4 is 34.2 Å². The van der Waals surface area contributed by atoms with E-state index in [0.717, 1.165) is 6.07 Å². The molecule has 1 N–H and O–H groups in total. The average Bonchev–Trinajstić information content (AvgIpc) is 2.83. The van der Waals surface area contributed by atoms with Crippen molar-refractivity contribution in [2.24, 2.45) is 5.92 Å². The Hall–Kier alpha value is -3.77. The summed E-state index contributed by atoms with van der Waals surface area (Å²) in [5, 5.41) is 19.7. The van der Waals surface area contributed by atoms with Gasteiger partial charge in [-0.1, -0.05) is 37.6 Å². The van der Waals surface area contributed by atoms with Crippen LogP contribution in [0, 0.1) is 28.9 Å². The number of nitriles is 1. The van der Waals surface area contributed by atoms with Gasteiger partial charge >= 0.3 is 0 Å². The predicted molar refractivity (Wildman–Crippen MR) is 129 cm³/mol. The zero-order valence-corrected chi connectivity index (χ0v) is 19.9. The third kappa shape index (κ3) is 4.62. The van der Waals surface area contributed by atoms with E-state index in [1.54, 1.807) is 11.0 Å². The molecule has 1 fully saturated rings. The number of carbonyl (C=O) groups excluding carboxylic acids is 1. The summed E-state index contributed by atoms with van der Waals surface area (Å²) >= 11 is 6.37. The molecule has 0 bridgehead atoms. The van der Waals surface area contributed by atoms with Crippen LogP contribution in [-0.4, -0.2) is 52.1 Å². The van der Waals surface area contributed by atoms with Crippen LogP contribution in [0.1, 0.15) is 13.8 Å². The first-order valence-electron chi connectivity index (χ1n) is 11.0. The number of amides is 1. The Bertz CT molecular complexity index is 1360. The van der Waals surface area contributed by atoms with E-state index in [4.69, 9.17) is 11.6 Å². The molecule has 35 heavy (non-hydrogen) atoms. The first kappa shape index (κ1) is 24.4. The Morgan fingerprint density at radius 2 is 1.91 bits per heavy atom. The highest BCUT2D eigenvalue weighted by atomic mass is 35.5. The number of phenolic OH excluding ortho intramolecular Hbond substituents is 1. The quantitative estimate of drug-likeness (QED) is 0.415. The van der Waals surface area contributed by atoms with Gasteiger partial charge in [0, 0.05) is 37.1 Å². The Kier molecular flexibility index (Phi) is 6.85. The average molecular weight is 498 g/mol. The third-order valence-electron chi connectivity index (χ3n) is 5.76. The van der Waals surface area contributed by atoms with Crippen LogP contribution in [0.5, 0.6) is 5.75 Å². The van der Waals surface area contributed by atoms with Crippen molar-refractivity contribution in [3.63, 3.8) is 0 Å². The summed E-state index contributed by atoms with van der Waals surface area (Å²) in [6.45, 7) is 5.27. The van der Waals surface area contributed by atoms with Crippen molar-refractivity contribution in [3.8, 4) is 22.9 Å². The lowest BCUT2D eigenvalue weighted by atomic mass is 10.0. The van der Waals surface area contributed by atoms with E-state index in [0.29, 0.717) is 37.4 Å². The summed E-state index contributed by atoms with van der Waals surface area (Å²) in [5.41, 5.74) is -0.580. The summed E-state index contributed by atoms with van der Waals surface area (Å²) in [7, 11) is 0. The van der Waals surface area contributed by atoms with Crippen molar-refractivity contribution in [3.05, 3.63) is 58.9 Å². The van der Waals surface area contributed by atoms with Crippen molar-refractivity contribution in [2.75, 3.05) is 31.1 Å². The molecule has 0 unspecified atom stereocenters. The highest BCUT2D eigenvalue weighted by Crippen LogP contribution is 2.42. The Morgan fingerprint density at radius 1 is 1.20 bits per heavy atom. The fraction of sp³-hybridized carbons (Fsp3) is 0.280. The highest BCUT2D eigenvalue weighted by Gasteiger charge is 2.27. The second-order valence-corrected chi connectivity index (χ2v) is 8.90. The van der Waals surface area contributed by atoms with Crippen LogP contribution in [0.2, 0.25) is 5.02 Å². The van der Waals surface area contributed by atoms with E-state index >= 15 is 4.39 Å². The number of aromatic nitrogens is 2. The van der Waals surface area contributed by atoms with Gasteiger partial charge in [0.1, 0.15) is 40.9 Å². The summed E-state index contributed by atoms with van der Waals surface area (Å²) in [6, 6.07) is 7.09.